The minimum absolute atomic E-state index is 0.661. The predicted molar refractivity (Wildman–Crippen MR) is 128 cm³/mol. The number of thiophene rings is 1. The molecule has 0 unspecified atom stereocenters. The Bertz CT molecular complexity index is 786. The zero-order valence-electron chi connectivity index (χ0n) is 18.7. The third-order valence-corrected chi connectivity index (χ3v) is 6.34. The van der Waals surface area contributed by atoms with Crippen LogP contribution in [0.3, 0.4) is 0 Å². The molecule has 2 N–H and O–H groups in total. The lowest BCUT2D eigenvalue weighted by atomic mass is 10.0. The first-order chi connectivity index (χ1) is 15.3. The molecular formula is C24H35N3O3S. The third kappa shape index (κ3) is 8.16. The highest BCUT2D eigenvalue weighted by Gasteiger charge is 2.13. The third-order valence-electron chi connectivity index (χ3n) is 5.23. The van der Waals surface area contributed by atoms with Crippen molar-refractivity contribution in [1.82, 2.24) is 10.6 Å². The van der Waals surface area contributed by atoms with Gasteiger partial charge in [0.2, 0.25) is 0 Å². The number of rotatable bonds is 11. The minimum atomic E-state index is 0.661. The van der Waals surface area contributed by atoms with Gasteiger partial charge in [0.25, 0.3) is 0 Å². The number of benzene rings is 1. The van der Waals surface area contributed by atoms with Crippen molar-refractivity contribution in [3.63, 3.8) is 0 Å². The Balaban J connectivity index is 1.40. The van der Waals surface area contributed by atoms with Gasteiger partial charge in [0.15, 0.2) is 5.96 Å². The molecule has 170 valence electrons. The molecule has 0 amide bonds. The Morgan fingerprint density at radius 3 is 2.68 bits per heavy atom. The topological polar surface area (TPSA) is 64.1 Å². The van der Waals surface area contributed by atoms with Crippen LogP contribution in [0.5, 0.6) is 5.75 Å². The molecule has 1 saturated heterocycles. The summed E-state index contributed by atoms with van der Waals surface area (Å²) in [4.78, 5) is 7.22. The van der Waals surface area contributed by atoms with Crippen molar-refractivity contribution < 1.29 is 14.2 Å². The van der Waals surface area contributed by atoms with Crippen LogP contribution in [0.15, 0.2) is 41.4 Å². The average molecular weight is 446 g/mol. The second kappa shape index (κ2) is 13.3. The van der Waals surface area contributed by atoms with Gasteiger partial charge in [-0.05, 0) is 74.1 Å². The van der Waals surface area contributed by atoms with Crippen LogP contribution >= 0.6 is 11.3 Å². The fraction of sp³-hybridized carbons (Fsp3) is 0.542. The van der Waals surface area contributed by atoms with Crippen LogP contribution in [0.25, 0.3) is 10.4 Å². The number of nitrogens with zero attached hydrogens (tertiary/aromatic N) is 1. The molecule has 0 saturated carbocycles. The van der Waals surface area contributed by atoms with Crippen molar-refractivity contribution in [2.24, 2.45) is 10.9 Å². The van der Waals surface area contributed by atoms with E-state index in [0.717, 1.165) is 70.5 Å². The van der Waals surface area contributed by atoms with Gasteiger partial charge in [-0.15, -0.1) is 11.3 Å². The molecule has 1 fully saturated rings. The van der Waals surface area contributed by atoms with E-state index in [-0.39, 0.29) is 0 Å². The summed E-state index contributed by atoms with van der Waals surface area (Å²) in [6, 6.07) is 12.5. The molecule has 0 bridgehead atoms. The summed E-state index contributed by atoms with van der Waals surface area (Å²) in [6.45, 7) is 7.83. The summed E-state index contributed by atoms with van der Waals surface area (Å²) in [5, 5.41) is 6.73. The van der Waals surface area contributed by atoms with Crippen molar-refractivity contribution >= 4 is 17.3 Å². The van der Waals surface area contributed by atoms with Gasteiger partial charge < -0.3 is 24.8 Å². The quantitative estimate of drug-likeness (QED) is 0.307. The Hall–Kier alpha value is -2.09. The van der Waals surface area contributed by atoms with E-state index in [1.165, 1.54) is 15.3 Å². The Morgan fingerprint density at radius 1 is 1.13 bits per heavy atom. The van der Waals surface area contributed by atoms with Gasteiger partial charge in [0.05, 0.1) is 13.7 Å². The summed E-state index contributed by atoms with van der Waals surface area (Å²) >= 11 is 1.78. The van der Waals surface area contributed by atoms with Crippen molar-refractivity contribution in [1.29, 1.82) is 0 Å². The van der Waals surface area contributed by atoms with E-state index in [0.29, 0.717) is 12.5 Å². The van der Waals surface area contributed by atoms with Gasteiger partial charge in [-0.3, -0.25) is 0 Å². The van der Waals surface area contributed by atoms with Crippen LogP contribution in [0, 0.1) is 5.92 Å². The van der Waals surface area contributed by atoms with E-state index < -0.39 is 0 Å². The Labute approximate surface area is 190 Å². The first-order valence-corrected chi connectivity index (χ1v) is 12.0. The molecule has 0 spiro atoms. The number of hydrogen-bond donors (Lipinski definition) is 2. The van der Waals surface area contributed by atoms with Gasteiger partial charge in [0.1, 0.15) is 5.75 Å². The van der Waals surface area contributed by atoms with Gasteiger partial charge >= 0.3 is 0 Å². The van der Waals surface area contributed by atoms with Crippen LogP contribution in [0.1, 0.15) is 31.1 Å². The molecule has 2 heterocycles. The maximum Gasteiger partial charge on any atom is 0.191 e. The molecule has 0 aliphatic carbocycles. The summed E-state index contributed by atoms with van der Waals surface area (Å²) in [5.74, 6) is 2.39. The molecule has 31 heavy (non-hydrogen) atoms. The fourth-order valence-corrected chi connectivity index (χ4v) is 4.35. The molecule has 0 atom stereocenters. The number of guanidine groups is 1. The fourth-order valence-electron chi connectivity index (χ4n) is 3.42. The average Bonchev–Trinajstić information content (AvgIpc) is 3.29. The van der Waals surface area contributed by atoms with E-state index in [2.05, 4.69) is 41.8 Å². The second-order valence-electron chi connectivity index (χ2n) is 7.60. The van der Waals surface area contributed by atoms with Gasteiger partial charge in [0, 0.05) is 49.3 Å². The van der Waals surface area contributed by atoms with Crippen molar-refractivity contribution in [2.45, 2.75) is 32.7 Å². The normalized spacial score (nSPS) is 15.1. The maximum absolute atomic E-state index is 5.84. The lowest BCUT2D eigenvalue weighted by molar-refractivity contribution is 0.0203. The first kappa shape index (κ1) is 23.6. The molecule has 1 aliphatic rings. The molecule has 6 nitrogen and oxygen atoms in total. The largest absolute Gasteiger partial charge is 0.497 e. The van der Waals surface area contributed by atoms with E-state index in [9.17, 15) is 0 Å². The second-order valence-corrected chi connectivity index (χ2v) is 8.77. The monoisotopic (exact) mass is 445 g/mol. The van der Waals surface area contributed by atoms with E-state index >= 15 is 0 Å². The maximum atomic E-state index is 5.84. The van der Waals surface area contributed by atoms with Gasteiger partial charge in [-0.25, -0.2) is 4.99 Å². The highest BCUT2D eigenvalue weighted by atomic mass is 32.1. The molecule has 2 aromatic rings. The first-order valence-electron chi connectivity index (χ1n) is 11.2. The van der Waals surface area contributed by atoms with E-state index in [4.69, 9.17) is 19.2 Å². The van der Waals surface area contributed by atoms with Crippen LogP contribution in [0.2, 0.25) is 0 Å². The number of methoxy groups -OCH3 is 1. The minimum Gasteiger partial charge on any atom is -0.497 e. The highest BCUT2D eigenvalue weighted by molar-refractivity contribution is 7.15. The van der Waals surface area contributed by atoms with Crippen LogP contribution in [-0.4, -0.2) is 52.6 Å². The van der Waals surface area contributed by atoms with Crippen molar-refractivity contribution in [2.75, 3.05) is 46.6 Å². The summed E-state index contributed by atoms with van der Waals surface area (Å²) in [5.41, 5.74) is 1.20. The number of nitrogens with one attached hydrogen (secondary N) is 2. The lowest BCUT2D eigenvalue weighted by Gasteiger charge is -2.21. The molecule has 1 aliphatic heterocycles. The lowest BCUT2D eigenvalue weighted by Crippen LogP contribution is -2.38. The predicted octanol–water partition coefficient (Wildman–Crippen LogP) is 4.31. The van der Waals surface area contributed by atoms with E-state index in [1.807, 2.05) is 12.1 Å². The summed E-state index contributed by atoms with van der Waals surface area (Å²) in [7, 11) is 1.69. The molecule has 1 aromatic heterocycles. The number of aliphatic imine (C=N–C) groups is 1. The Kier molecular flexibility index (Phi) is 10.2. The van der Waals surface area contributed by atoms with Crippen LogP contribution < -0.4 is 15.4 Å². The molecule has 1 aromatic carbocycles. The van der Waals surface area contributed by atoms with Crippen LogP contribution in [0.4, 0.5) is 0 Å². The Morgan fingerprint density at radius 2 is 1.94 bits per heavy atom. The summed E-state index contributed by atoms with van der Waals surface area (Å²) in [6.07, 6.45) is 3.21. The zero-order chi connectivity index (χ0) is 21.7. The number of ether oxygens (including phenoxy) is 3. The van der Waals surface area contributed by atoms with Crippen molar-refractivity contribution in [3.05, 3.63) is 41.3 Å². The molecular weight excluding hydrogens is 410 g/mol. The van der Waals surface area contributed by atoms with Gasteiger partial charge in [-0.2, -0.15) is 0 Å². The standard InChI is InChI=1S/C24H35N3O3S/c1-3-25-24(26-13-4-14-30-18-19-11-15-29-16-12-19)27-17-22-9-10-23(31-22)20-5-7-21(28-2)8-6-20/h5-10,19H,3-4,11-18H2,1-2H3,(H2,25,26,27). The number of hydrogen-bond acceptors (Lipinski definition) is 5. The molecule has 3 rings (SSSR count). The highest BCUT2D eigenvalue weighted by Crippen LogP contribution is 2.29. The van der Waals surface area contributed by atoms with E-state index in [1.54, 1.807) is 18.4 Å². The zero-order valence-corrected chi connectivity index (χ0v) is 19.5. The van der Waals surface area contributed by atoms with Gasteiger partial charge in [-0.1, -0.05) is 0 Å². The molecule has 7 heteroatoms. The smallest absolute Gasteiger partial charge is 0.191 e. The molecule has 0 radical (unpaired) electrons. The van der Waals surface area contributed by atoms with Crippen molar-refractivity contribution in [3.8, 4) is 16.2 Å². The summed E-state index contributed by atoms with van der Waals surface area (Å²) < 4.78 is 16.5. The SMILES string of the molecule is CCNC(=NCc1ccc(-c2ccc(OC)cc2)s1)NCCCOCC1CCOCC1. The van der Waals surface area contributed by atoms with Crippen LogP contribution in [-0.2, 0) is 16.0 Å².